The molecule has 0 radical (unpaired) electrons. The van der Waals surface area contributed by atoms with Crippen molar-refractivity contribution in [3.8, 4) is 0 Å². The Balaban J connectivity index is 1.40. The van der Waals surface area contributed by atoms with E-state index in [0.29, 0.717) is 32.1 Å². The fourth-order valence-corrected chi connectivity index (χ4v) is 5.12. The van der Waals surface area contributed by atoms with Crippen molar-refractivity contribution in [2.24, 2.45) is 0 Å². The maximum atomic E-state index is 12.8. The lowest BCUT2D eigenvalue weighted by atomic mass is 10.2. The molecule has 0 atom stereocenters. The zero-order valence-corrected chi connectivity index (χ0v) is 19.9. The van der Waals surface area contributed by atoms with E-state index in [0.717, 1.165) is 48.8 Å². The molecule has 1 aromatic carbocycles. The van der Waals surface area contributed by atoms with Crippen molar-refractivity contribution in [3.05, 3.63) is 52.6 Å². The number of rotatable bonds is 5. The summed E-state index contributed by atoms with van der Waals surface area (Å²) in [6.45, 7) is 9.92. The maximum absolute atomic E-state index is 12.8. The third-order valence-electron chi connectivity index (χ3n) is 6.05. The highest BCUT2D eigenvalue weighted by atomic mass is 32.2. The molecule has 0 saturated carbocycles. The second-order valence-electron chi connectivity index (χ2n) is 8.60. The molecule has 2 aliphatic heterocycles. The van der Waals surface area contributed by atoms with Gasteiger partial charge in [0.15, 0.2) is 0 Å². The van der Waals surface area contributed by atoms with E-state index in [1.54, 1.807) is 6.08 Å². The van der Waals surface area contributed by atoms with Crippen molar-refractivity contribution in [1.82, 2.24) is 19.2 Å². The first-order valence-electron chi connectivity index (χ1n) is 11.1. The normalized spacial score (nSPS) is 19.1. The summed E-state index contributed by atoms with van der Waals surface area (Å²) in [5, 5.41) is 1.31. The molecule has 9 heteroatoms. The monoisotopic (exact) mass is 456 g/mol. The van der Waals surface area contributed by atoms with Crippen molar-refractivity contribution < 1.29 is 8.42 Å². The zero-order chi connectivity index (χ0) is 22.7. The molecular formula is C23H32N6O2S. The Kier molecular flexibility index (Phi) is 6.78. The van der Waals surface area contributed by atoms with Crippen LogP contribution < -0.4 is 9.80 Å². The van der Waals surface area contributed by atoms with Gasteiger partial charge in [0.2, 0.25) is 16.0 Å². The summed E-state index contributed by atoms with van der Waals surface area (Å²) in [4.78, 5) is 16.2. The minimum Gasteiger partial charge on any atom is -0.354 e. The lowest BCUT2D eigenvalue weighted by molar-refractivity contribution is 0.312. The SMILES string of the molecule is Cc1ccc(/C=C/S(=O)(=O)N2CCN(c3nc(C)cc(N4CCN(C)CC4)n3)CC2)cc1. The number of piperazine rings is 2. The van der Waals surface area contributed by atoms with Crippen LogP contribution in [0.5, 0.6) is 0 Å². The van der Waals surface area contributed by atoms with E-state index < -0.39 is 10.0 Å². The molecule has 0 amide bonds. The predicted molar refractivity (Wildman–Crippen MR) is 129 cm³/mol. The molecule has 2 saturated heterocycles. The van der Waals surface area contributed by atoms with E-state index >= 15 is 0 Å². The first-order chi connectivity index (χ1) is 15.3. The maximum Gasteiger partial charge on any atom is 0.236 e. The Bertz CT molecular complexity index is 1050. The molecule has 2 fully saturated rings. The molecular weight excluding hydrogens is 424 g/mol. The predicted octanol–water partition coefficient (Wildman–Crippen LogP) is 1.97. The number of aromatic nitrogens is 2. The van der Waals surface area contributed by atoms with Gasteiger partial charge in [0, 0.05) is 69.5 Å². The molecule has 32 heavy (non-hydrogen) atoms. The molecule has 2 aromatic rings. The smallest absolute Gasteiger partial charge is 0.236 e. The molecule has 172 valence electrons. The molecule has 2 aliphatic rings. The summed E-state index contributed by atoms with van der Waals surface area (Å²) >= 11 is 0. The number of nitrogens with zero attached hydrogens (tertiary/aromatic N) is 6. The van der Waals surface area contributed by atoms with Crippen LogP contribution in [0.2, 0.25) is 0 Å². The third kappa shape index (κ3) is 5.46. The van der Waals surface area contributed by atoms with Gasteiger partial charge in [0.05, 0.1) is 0 Å². The number of anilines is 2. The van der Waals surface area contributed by atoms with Crippen molar-refractivity contribution in [2.45, 2.75) is 13.8 Å². The van der Waals surface area contributed by atoms with Gasteiger partial charge in [-0.15, -0.1) is 0 Å². The average molecular weight is 457 g/mol. The van der Waals surface area contributed by atoms with Gasteiger partial charge in [-0.2, -0.15) is 9.29 Å². The van der Waals surface area contributed by atoms with Crippen molar-refractivity contribution >= 4 is 27.9 Å². The molecule has 0 bridgehead atoms. The standard InChI is InChI=1S/C23H32N6O2S/c1-19-4-6-21(7-5-19)8-17-32(30,31)29-15-13-28(14-16-29)23-24-20(2)18-22(25-23)27-11-9-26(3)10-12-27/h4-8,17-18H,9-16H2,1-3H3/b17-8+. The molecule has 1 aromatic heterocycles. The summed E-state index contributed by atoms with van der Waals surface area (Å²) in [5.74, 6) is 1.64. The third-order valence-corrected chi connectivity index (χ3v) is 7.61. The van der Waals surface area contributed by atoms with Crippen LogP contribution in [0.15, 0.2) is 35.7 Å². The molecule has 0 unspecified atom stereocenters. The van der Waals surface area contributed by atoms with Crippen molar-refractivity contribution in [3.63, 3.8) is 0 Å². The fraction of sp³-hybridized carbons (Fsp3) is 0.478. The number of likely N-dealkylation sites (N-methyl/N-ethyl adjacent to an activating group) is 1. The van der Waals surface area contributed by atoms with Crippen molar-refractivity contribution in [1.29, 1.82) is 0 Å². The van der Waals surface area contributed by atoms with E-state index in [1.807, 2.05) is 44.2 Å². The lowest BCUT2D eigenvalue weighted by Gasteiger charge is -2.35. The summed E-state index contributed by atoms with van der Waals surface area (Å²) in [6.07, 6.45) is 1.66. The van der Waals surface area contributed by atoms with Crippen molar-refractivity contribution in [2.75, 3.05) is 69.2 Å². The second kappa shape index (κ2) is 9.56. The second-order valence-corrected chi connectivity index (χ2v) is 10.4. The molecule has 0 N–H and O–H groups in total. The van der Waals surface area contributed by atoms with Gasteiger partial charge in [-0.05, 0) is 32.5 Å². The van der Waals surface area contributed by atoms with Gasteiger partial charge in [-0.25, -0.2) is 13.4 Å². The van der Waals surface area contributed by atoms with E-state index in [4.69, 9.17) is 4.98 Å². The summed E-state index contributed by atoms with van der Waals surface area (Å²) in [7, 11) is -1.33. The van der Waals surface area contributed by atoms with Crippen LogP contribution >= 0.6 is 0 Å². The molecule has 0 aliphatic carbocycles. The average Bonchev–Trinajstić information content (AvgIpc) is 2.79. The van der Waals surface area contributed by atoms with Gasteiger partial charge >= 0.3 is 0 Å². The van der Waals surface area contributed by atoms with Crippen LogP contribution in [0.25, 0.3) is 6.08 Å². The minimum atomic E-state index is -3.46. The van der Waals surface area contributed by atoms with E-state index in [1.165, 1.54) is 9.71 Å². The molecule has 0 spiro atoms. The largest absolute Gasteiger partial charge is 0.354 e. The molecule has 3 heterocycles. The van der Waals surface area contributed by atoms with E-state index in [2.05, 4.69) is 26.7 Å². The van der Waals surface area contributed by atoms with Crippen LogP contribution in [0.4, 0.5) is 11.8 Å². The van der Waals surface area contributed by atoms with Crippen LogP contribution in [0, 0.1) is 13.8 Å². The highest BCUT2D eigenvalue weighted by Crippen LogP contribution is 2.21. The first-order valence-corrected chi connectivity index (χ1v) is 12.6. The number of aryl methyl sites for hydroxylation is 2. The lowest BCUT2D eigenvalue weighted by Crippen LogP contribution is -2.49. The zero-order valence-electron chi connectivity index (χ0n) is 19.1. The highest BCUT2D eigenvalue weighted by Gasteiger charge is 2.27. The minimum absolute atomic E-state index is 0.418. The Labute approximate surface area is 191 Å². The Morgan fingerprint density at radius 2 is 1.47 bits per heavy atom. The fourth-order valence-electron chi connectivity index (χ4n) is 3.95. The summed E-state index contributed by atoms with van der Waals surface area (Å²) in [5.41, 5.74) is 2.96. The Morgan fingerprint density at radius 1 is 0.844 bits per heavy atom. The van der Waals surface area contributed by atoms with Crippen LogP contribution in [-0.4, -0.2) is 87.0 Å². The first kappa shape index (κ1) is 22.7. The molecule has 4 rings (SSSR count). The Hall–Kier alpha value is -2.49. The van der Waals surface area contributed by atoms with E-state index in [9.17, 15) is 8.42 Å². The topological polar surface area (TPSA) is 72.9 Å². The number of hydrogen-bond donors (Lipinski definition) is 0. The number of benzene rings is 1. The highest BCUT2D eigenvalue weighted by molar-refractivity contribution is 7.92. The van der Waals surface area contributed by atoms with Crippen LogP contribution in [0.3, 0.4) is 0 Å². The summed E-state index contributed by atoms with van der Waals surface area (Å²) in [6, 6.07) is 9.83. The van der Waals surface area contributed by atoms with Gasteiger partial charge in [-0.1, -0.05) is 29.8 Å². The Morgan fingerprint density at radius 3 is 2.12 bits per heavy atom. The van der Waals surface area contributed by atoms with Gasteiger partial charge in [0.25, 0.3) is 0 Å². The van der Waals surface area contributed by atoms with Crippen LogP contribution in [0.1, 0.15) is 16.8 Å². The van der Waals surface area contributed by atoms with Gasteiger partial charge in [-0.3, -0.25) is 0 Å². The van der Waals surface area contributed by atoms with E-state index in [-0.39, 0.29) is 0 Å². The van der Waals surface area contributed by atoms with Gasteiger partial charge < -0.3 is 14.7 Å². The van der Waals surface area contributed by atoms with Gasteiger partial charge in [0.1, 0.15) is 5.82 Å². The quantitative estimate of drug-likeness (QED) is 0.681. The summed E-state index contributed by atoms with van der Waals surface area (Å²) < 4.78 is 27.1. The molecule has 8 nitrogen and oxygen atoms in total. The number of sulfonamides is 1. The van der Waals surface area contributed by atoms with Crippen LogP contribution in [-0.2, 0) is 10.0 Å². The number of hydrogen-bond acceptors (Lipinski definition) is 7.